The van der Waals surface area contributed by atoms with Crippen molar-refractivity contribution in [2.45, 2.75) is 20.8 Å². The predicted octanol–water partition coefficient (Wildman–Crippen LogP) is 1.79. The SMILES string of the molecule is C=c1c(F)c(C)c(C)c(F)/c1=C/C. The summed E-state index contributed by atoms with van der Waals surface area (Å²) in [5, 5.41) is 0.406. The van der Waals surface area contributed by atoms with Gasteiger partial charge in [-0.05, 0) is 31.9 Å². The third-order valence-corrected chi connectivity index (χ3v) is 2.34. The van der Waals surface area contributed by atoms with Crippen molar-refractivity contribution in [3.05, 3.63) is 33.2 Å². The van der Waals surface area contributed by atoms with Crippen molar-refractivity contribution in [1.29, 1.82) is 0 Å². The summed E-state index contributed by atoms with van der Waals surface area (Å²) in [4.78, 5) is 0. The van der Waals surface area contributed by atoms with Gasteiger partial charge in [0, 0.05) is 10.4 Å². The van der Waals surface area contributed by atoms with Gasteiger partial charge in [0.2, 0.25) is 0 Å². The third-order valence-electron chi connectivity index (χ3n) is 2.34. The number of rotatable bonds is 0. The van der Waals surface area contributed by atoms with Crippen LogP contribution in [0.4, 0.5) is 8.78 Å². The molecule has 0 nitrogen and oxygen atoms in total. The minimum Gasteiger partial charge on any atom is -0.206 e. The molecule has 0 atom stereocenters. The Bertz CT molecular complexity index is 444. The molecule has 0 amide bonds. The summed E-state index contributed by atoms with van der Waals surface area (Å²) in [6.45, 7) is 8.30. The van der Waals surface area contributed by atoms with Gasteiger partial charge >= 0.3 is 0 Å². The Balaban J connectivity index is 3.90. The summed E-state index contributed by atoms with van der Waals surface area (Å²) < 4.78 is 26.8. The molecule has 0 unspecified atom stereocenters. The maximum Gasteiger partial charge on any atom is 0.134 e. The maximum atomic E-state index is 13.5. The molecule has 70 valence electrons. The van der Waals surface area contributed by atoms with Crippen LogP contribution in [-0.2, 0) is 0 Å². The zero-order valence-corrected chi connectivity index (χ0v) is 8.04. The Morgan fingerprint density at radius 2 is 1.54 bits per heavy atom. The summed E-state index contributed by atoms with van der Waals surface area (Å²) in [6.07, 6.45) is 1.53. The average molecular weight is 182 g/mol. The molecule has 0 fully saturated rings. The molecule has 1 aromatic rings. The zero-order chi connectivity index (χ0) is 10.2. The van der Waals surface area contributed by atoms with Crippen LogP contribution < -0.4 is 10.4 Å². The zero-order valence-electron chi connectivity index (χ0n) is 8.04. The first-order valence-corrected chi connectivity index (χ1v) is 4.10. The first-order chi connectivity index (χ1) is 6.00. The number of hydrogen-bond acceptors (Lipinski definition) is 0. The van der Waals surface area contributed by atoms with Crippen molar-refractivity contribution in [3.63, 3.8) is 0 Å². The largest absolute Gasteiger partial charge is 0.206 e. The molecule has 0 aromatic heterocycles. The molecule has 1 aromatic carbocycles. The van der Waals surface area contributed by atoms with Crippen molar-refractivity contribution in [1.82, 2.24) is 0 Å². The highest BCUT2D eigenvalue weighted by Gasteiger charge is 2.09. The molecule has 0 radical (unpaired) electrons. The molecule has 0 aliphatic heterocycles. The average Bonchev–Trinajstić information content (AvgIpc) is 2.13. The molecule has 0 saturated carbocycles. The predicted molar refractivity (Wildman–Crippen MR) is 50.7 cm³/mol. The van der Waals surface area contributed by atoms with E-state index in [9.17, 15) is 8.78 Å². The van der Waals surface area contributed by atoms with Crippen LogP contribution in [0.1, 0.15) is 18.1 Å². The molecule has 2 heteroatoms. The lowest BCUT2D eigenvalue weighted by molar-refractivity contribution is 0.569. The molecular formula is C11H12F2. The van der Waals surface area contributed by atoms with Crippen LogP contribution in [-0.4, -0.2) is 0 Å². The number of benzene rings is 1. The van der Waals surface area contributed by atoms with Crippen molar-refractivity contribution in [2.75, 3.05) is 0 Å². The Hall–Kier alpha value is -1.18. The van der Waals surface area contributed by atoms with E-state index in [0.717, 1.165) is 0 Å². The first-order valence-electron chi connectivity index (χ1n) is 4.10. The lowest BCUT2D eigenvalue weighted by atomic mass is 10.1. The quantitative estimate of drug-likeness (QED) is 0.574. The Morgan fingerprint density at radius 1 is 1.08 bits per heavy atom. The van der Waals surface area contributed by atoms with E-state index in [1.807, 2.05) is 0 Å². The summed E-state index contributed by atoms with van der Waals surface area (Å²) >= 11 is 0. The third kappa shape index (κ3) is 1.37. The highest BCUT2D eigenvalue weighted by molar-refractivity contribution is 5.35. The molecule has 13 heavy (non-hydrogen) atoms. The van der Waals surface area contributed by atoms with Crippen LogP contribution in [0.3, 0.4) is 0 Å². The standard InChI is InChI=1S/C11H12F2/c1-5-9-8(4)10(12)6(2)7(3)11(9)13/h5H,4H2,1-3H3/b9-5+. The maximum absolute atomic E-state index is 13.5. The van der Waals surface area contributed by atoms with E-state index in [0.29, 0.717) is 11.1 Å². The summed E-state index contributed by atoms with van der Waals surface area (Å²) in [5.74, 6) is -0.779. The molecule has 0 aliphatic carbocycles. The van der Waals surface area contributed by atoms with Crippen LogP contribution in [0, 0.1) is 25.5 Å². The van der Waals surface area contributed by atoms with E-state index in [2.05, 4.69) is 6.58 Å². The van der Waals surface area contributed by atoms with Crippen LogP contribution >= 0.6 is 0 Å². The fraction of sp³-hybridized carbons (Fsp3) is 0.273. The fourth-order valence-electron chi connectivity index (χ4n) is 1.31. The van der Waals surface area contributed by atoms with Gasteiger partial charge < -0.3 is 0 Å². The molecule has 0 heterocycles. The Morgan fingerprint density at radius 3 is 2.00 bits per heavy atom. The van der Waals surface area contributed by atoms with Gasteiger partial charge in [-0.1, -0.05) is 12.7 Å². The van der Waals surface area contributed by atoms with Gasteiger partial charge in [0.05, 0.1) is 0 Å². The fourth-order valence-corrected chi connectivity index (χ4v) is 1.31. The highest BCUT2D eigenvalue weighted by atomic mass is 19.1. The number of hydrogen-bond donors (Lipinski definition) is 0. The van der Waals surface area contributed by atoms with Crippen LogP contribution in [0.5, 0.6) is 0 Å². The Kier molecular flexibility index (Phi) is 2.50. The topological polar surface area (TPSA) is 0 Å². The van der Waals surface area contributed by atoms with E-state index in [-0.39, 0.29) is 16.3 Å². The first kappa shape index (κ1) is 9.90. The molecule has 0 aliphatic rings. The van der Waals surface area contributed by atoms with E-state index in [4.69, 9.17) is 0 Å². The molecule has 0 N–H and O–H groups in total. The minimum absolute atomic E-state index is 0.142. The van der Waals surface area contributed by atoms with E-state index in [1.165, 1.54) is 6.08 Å². The Labute approximate surface area is 76.2 Å². The highest BCUT2D eigenvalue weighted by Crippen LogP contribution is 2.08. The van der Waals surface area contributed by atoms with Crippen LogP contribution in [0.15, 0.2) is 0 Å². The second-order valence-electron chi connectivity index (χ2n) is 3.06. The van der Waals surface area contributed by atoms with Gasteiger partial charge in [-0.15, -0.1) is 0 Å². The van der Waals surface area contributed by atoms with Crippen LogP contribution in [0.25, 0.3) is 12.7 Å². The molecule has 0 bridgehead atoms. The van der Waals surface area contributed by atoms with Gasteiger partial charge in [0.15, 0.2) is 0 Å². The van der Waals surface area contributed by atoms with E-state index in [1.54, 1.807) is 20.8 Å². The molecular weight excluding hydrogens is 170 g/mol. The van der Waals surface area contributed by atoms with Crippen molar-refractivity contribution in [2.24, 2.45) is 0 Å². The van der Waals surface area contributed by atoms with Gasteiger partial charge in [0.1, 0.15) is 11.6 Å². The second-order valence-corrected chi connectivity index (χ2v) is 3.06. The van der Waals surface area contributed by atoms with Gasteiger partial charge in [-0.3, -0.25) is 0 Å². The normalized spacial score (nSPS) is 12.2. The number of halogens is 2. The molecule has 0 spiro atoms. The lowest BCUT2D eigenvalue weighted by Gasteiger charge is -2.04. The van der Waals surface area contributed by atoms with Crippen LogP contribution in [0.2, 0.25) is 0 Å². The van der Waals surface area contributed by atoms with Crippen molar-refractivity contribution >= 4 is 12.7 Å². The lowest BCUT2D eigenvalue weighted by Crippen LogP contribution is -2.32. The van der Waals surface area contributed by atoms with E-state index >= 15 is 0 Å². The van der Waals surface area contributed by atoms with Crippen molar-refractivity contribution in [3.8, 4) is 0 Å². The van der Waals surface area contributed by atoms with Gasteiger partial charge in [-0.2, -0.15) is 0 Å². The second kappa shape index (κ2) is 3.29. The summed E-state index contributed by atoms with van der Waals surface area (Å²) in [5.41, 5.74) is 0.700. The minimum atomic E-state index is -0.410. The molecule has 1 rings (SSSR count). The smallest absolute Gasteiger partial charge is 0.134 e. The van der Waals surface area contributed by atoms with Gasteiger partial charge in [0.25, 0.3) is 0 Å². The summed E-state index contributed by atoms with van der Waals surface area (Å²) in [7, 11) is 0. The van der Waals surface area contributed by atoms with Gasteiger partial charge in [-0.25, -0.2) is 8.78 Å². The molecule has 0 saturated heterocycles. The van der Waals surface area contributed by atoms with Crippen molar-refractivity contribution < 1.29 is 8.78 Å². The summed E-state index contributed by atoms with van der Waals surface area (Å²) in [6, 6.07) is 0. The van der Waals surface area contributed by atoms with E-state index < -0.39 is 5.82 Å². The monoisotopic (exact) mass is 182 g/mol.